The molecule has 156 valence electrons. The molecule has 0 unspecified atom stereocenters. The van der Waals surface area contributed by atoms with Gasteiger partial charge >= 0.3 is 0 Å². The van der Waals surface area contributed by atoms with Gasteiger partial charge in [-0.1, -0.05) is 36.4 Å². The molecule has 1 aliphatic heterocycles. The molecule has 0 aromatic heterocycles. The van der Waals surface area contributed by atoms with Gasteiger partial charge in [-0.15, -0.1) is 0 Å². The van der Waals surface area contributed by atoms with Gasteiger partial charge in [0.15, 0.2) is 0 Å². The molecule has 0 atom stereocenters. The fourth-order valence-electron chi connectivity index (χ4n) is 3.57. The van der Waals surface area contributed by atoms with Gasteiger partial charge in [-0.05, 0) is 60.9 Å². The summed E-state index contributed by atoms with van der Waals surface area (Å²) in [6.07, 6.45) is 0. The zero-order chi connectivity index (χ0) is 22.1. The van der Waals surface area contributed by atoms with E-state index in [1.165, 1.54) is 31.4 Å². The maximum absolute atomic E-state index is 13.5. The lowest BCUT2D eigenvalue weighted by Gasteiger charge is -2.18. The number of halogens is 1. The van der Waals surface area contributed by atoms with Crippen molar-refractivity contribution in [2.45, 2.75) is 13.8 Å². The summed E-state index contributed by atoms with van der Waals surface area (Å²) >= 11 is 0. The van der Waals surface area contributed by atoms with E-state index in [1.807, 2.05) is 32.0 Å². The minimum Gasteiger partial charge on any atom is -0.495 e. The first-order valence-corrected chi connectivity index (χ1v) is 9.77. The Morgan fingerprint density at radius 3 is 2.32 bits per heavy atom. The van der Waals surface area contributed by atoms with Crippen molar-refractivity contribution in [2.24, 2.45) is 0 Å². The van der Waals surface area contributed by atoms with Gasteiger partial charge in [-0.3, -0.25) is 9.59 Å². The van der Waals surface area contributed by atoms with Crippen LogP contribution >= 0.6 is 0 Å². The number of methoxy groups -OCH3 is 1. The van der Waals surface area contributed by atoms with Crippen molar-refractivity contribution < 1.29 is 18.7 Å². The van der Waals surface area contributed by atoms with Gasteiger partial charge in [0.05, 0.1) is 18.4 Å². The third kappa shape index (κ3) is 3.68. The van der Waals surface area contributed by atoms with Crippen LogP contribution in [0.4, 0.5) is 15.8 Å². The van der Waals surface area contributed by atoms with Gasteiger partial charge in [0.1, 0.15) is 17.3 Å². The smallest absolute Gasteiger partial charge is 0.282 e. The van der Waals surface area contributed by atoms with Crippen LogP contribution in [0.15, 0.2) is 72.4 Å². The first kappa shape index (κ1) is 20.3. The monoisotopic (exact) mass is 416 g/mol. The molecular formula is C25H21FN2O3. The van der Waals surface area contributed by atoms with Crippen molar-refractivity contribution in [3.8, 4) is 5.75 Å². The molecule has 1 N–H and O–H groups in total. The van der Waals surface area contributed by atoms with E-state index in [4.69, 9.17) is 4.74 Å². The minimum absolute atomic E-state index is 0.135. The maximum Gasteiger partial charge on any atom is 0.282 e. The molecule has 0 aliphatic carbocycles. The molecule has 4 rings (SSSR count). The Bertz CT molecular complexity index is 1220. The normalized spacial score (nSPS) is 13.7. The molecule has 0 saturated heterocycles. The number of anilines is 2. The first-order valence-electron chi connectivity index (χ1n) is 9.77. The van der Waals surface area contributed by atoms with Gasteiger partial charge in [-0.25, -0.2) is 9.29 Å². The van der Waals surface area contributed by atoms with Crippen LogP contribution < -0.4 is 15.0 Å². The largest absolute Gasteiger partial charge is 0.495 e. The van der Waals surface area contributed by atoms with Crippen LogP contribution in [0.3, 0.4) is 0 Å². The second kappa shape index (κ2) is 8.07. The zero-order valence-electron chi connectivity index (χ0n) is 17.4. The Morgan fingerprint density at radius 1 is 0.903 bits per heavy atom. The molecule has 0 bridgehead atoms. The zero-order valence-corrected chi connectivity index (χ0v) is 17.4. The number of ether oxygens (including phenoxy) is 1. The number of hydrogen-bond donors (Lipinski definition) is 1. The Morgan fingerprint density at radius 2 is 1.61 bits per heavy atom. The molecule has 0 radical (unpaired) electrons. The quantitative estimate of drug-likeness (QED) is 0.604. The van der Waals surface area contributed by atoms with Crippen LogP contribution in [-0.2, 0) is 9.59 Å². The maximum atomic E-state index is 13.5. The highest BCUT2D eigenvalue weighted by Gasteiger charge is 2.41. The van der Waals surface area contributed by atoms with E-state index < -0.39 is 17.6 Å². The summed E-state index contributed by atoms with van der Waals surface area (Å²) in [5.41, 5.74) is 3.76. The van der Waals surface area contributed by atoms with Gasteiger partial charge < -0.3 is 10.1 Å². The van der Waals surface area contributed by atoms with E-state index in [2.05, 4.69) is 5.32 Å². The molecule has 3 aromatic carbocycles. The Labute approximate surface area is 179 Å². The molecular weight excluding hydrogens is 395 g/mol. The van der Waals surface area contributed by atoms with Crippen LogP contribution in [-0.4, -0.2) is 18.9 Å². The van der Waals surface area contributed by atoms with Gasteiger partial charge in [-0.2, -0.15) is 0 Å². The van der Waals surface area contributed by atoms with E-state index in [-0.39, 0.29) is 11.3 Å². The predicted octanol–water partition coefficient (Wildman–Crippen LogP) is 4.85. The van der Waals surface area contributed by atoms with Crippen molar-refractivity contribution in [1.82, 2.24) is 0 Å². The van der Waals surface area contributed by atoms with Crippen LogP contribution in [0, 0.1) is 19.7 Å². The van der Waals surface area contributed by atoms with Gasteiger partial charge in [0.2, 0.25) is 0 Å². The van der Waals surface area contributed by atoms with Crippen LogP contribution in [0.2, 0.25) is 0 Å². The van der Waals surface area contributed by atoms with Crippen molar-refractivity contribution in [1.29, 1.82) is 0 Å². The number of benzene rings is 3. The number of nitrogens with zero attached hydrogens (tertiary/aromatic N) is 1. The summed E-state index contributed by atoms with van der Waals surface area (Å²) in [6, 6.07) is 18.2. The lowest BCUT2D eigenvalue weighted by atomic mass is 10.0. The Hall–Kier alpha value is -3.93. The third-order valence-electron chi connectivity index (χ3n) is 5.20. The summed E-state index contributed by atoms with van der Waals surface area (Å²) in [5.74, 6) is -1.04. The first-order chi connectivity index (χ1) is 14.9. The van der Waals surface area contributed by atoms with Crippen molar-refractivity contribution in [2.75, 3.05) is 17.3 Å². The molecule has 2 amide bonds. The fraction of sp³-hybridized carbons (Fsp3) is 0.120. The average molecular weight is 416 g/mol. The molecule has 31 heavy (non-hydrogen) atoms. The van der Waals surface area contributed by atoms with Gasteiger partial charge in [0, 0.05) is 5.69 Å². The number of amides is 2. The van der Waals surface area contributed by atoms with Gasteiger partial charge in [0.25, 0.3) is 11.8 Å². The highest BCUT2D eigenvalue weighted by atomic mass is 19.1. The van der Waals surface area contributed by atoms with Crippen LogP contribution in [0.25, 0.3) is 5.57 Å². The second-order valence-corrected chi connectivity index (χ2v) is 7.32. The number of hydrogen-bond acceptors (Lipinski definition) is 4. The number of para-hydroxylation sites is 2. The molecule has 1 heterocycles. The molecule has 6 heteroatoms. The summed E-state index contributed by atoms with van der Waals surface area (Å²) in [7, 11) is 1.48. The molecule has 0 spiro atoms. The van der Waals surface area contributed by atoms with Crippen molar-refractivity contribution in [3.05, 3.63) is 94.9 Å². The average Bonchev–Trinajstić information content (AvgIpc) is 3.00. The molecule has 1 aliphatic rings. The number of carbonyl (C=O) groups excluding carboxylic acids is 2. The number of nitrogens with one attached hydrogen (secondary N) is 1. The van der Waals surface area contributed by atoms with E-state index >= 15 is 0 Å². The summed E-state index contributed by atoms with van der Waals surface area (Å²) in [4.78, 5) is 28.1. The number of carbonyl (C=O) groups is 2. The molecule has 3 aromatic rings. The van der Waals surface area contributed by atoms with Crippen LogP contribution in [0.1, 0.15) is 16.7 Å². The standard InChI is InChI=1S/C25H21FN2O3/c1-15-8-9-16(2)19(14-15)27-23-22(17-10-12-18(26)13-11-17)24(29)28(25(23)30)20-6-4-5-7-21(20)31-3/h4-14,27H,1-3H3. The topological polar surface area (TPSA) is 58.6 Å². The summed E-state index contributed by atoms with van der Waals surface area (Å²) in [5, 5.41) is 3.16. The number of rotatable bonds is 5. The minimum atomic E-state index is -0.506. The Balaban J connectivity index is 1.87. The fourth-order valence-corrected chi connectivity index (χ4v) is 3.57. The molecule has 5 nitrogen and oxygen atoms in total. The predicted molar refractivity (Wildman–Crippen MR) is 118 cm³/mol. The van der Waals surface area contributed by atoms with E-state index in [0.29, 0.717) is 17.0 Å². The number of imide groups is 1. The van der Waals surface area contributed by atoms with Crippen molar-refractivity contribution >= 4 is 28.8 Å². The lowest BCUT2D eigenvalue weighted by molar-refractivity contribution is -0.120. The number of aryl methyl sites for hydroxylation is 2. The van der Waals surface area contributed by atoms with E-state index in [0.717, 1.165) is 21.7 Å². The second-order valence-electron chi connectivity index (χ2n) is 7.32. The highest BCUT2D eigenvalue weighted by molar-refractivity contribution is 6.46. The van der Waals surface area contributed by atoms with E-state index in [9.17, 15) is 14.0 Å². The highest BCUT2D eigenvalue weighted by Crippen LogP contribution is 2.38. The van der Waals surface area contributed by atoms with E-state index in [1.54, 1.807) is 24.3 Å². The SMILES string of the molecule is COc1ccccc1N1C(=O)C(Nc2cc(C)ccc2C)=C(c2ccc(F)cc2)C1=O. The third-order valence-corrected chi connectivity index (χ3v) is 5.20. The summed E-state index contributed by atoms with van der Waals surface area (Å²) < 4.78 is 18.9. The van der Waals surface area contributed by atoms with Crippen molar-refractivity contribution in [3.63, 3.8) is 0 Å². The van der Waals surface area contributed by atoms with Crippen LogP contribution in [0.5, 0.6) is 5.75 Å². The lowest BCUT2D eigenvalue weighted by Crippen LogP contribution is -2.32. The summed E-state index contributed by atoms with van der Waals surface area (Å²) in [6.45, 7) is 3.86. The molecule has 0 fully saturated rings. The Kier molecular flexibility index (Phi) is 5.29. The molecule has 0 saturated carbocycles.